The van der Waals surface area contributed by atoms with Crippen LogP contribution >= 0.6 is 0 Å². The van der Waals surface area contributed by atoms with Crippen LogP contribution in [0.3, 0.4) is 0 Å². The van der Waals surface area contributed by atoms with E-state index in [9.17, 15) is 0 Å². The molecule has 2 aliphatic rings. The van der Waals surface area contributed by atoms with Gasteiger partial charge in [-0.1, -0.05) is 90.2 Å². The Balaban J connectivity index is 0.00000116. The zero-order valence-electron chi connectivity index (χ0n) is 15.2. The lowest BCUT2D eigenvalue weighted by Gasteiger charge is -2.13. The topological polar surface area (TPSA) is 12.0 Å². The molecule has 0 amide bonds. The van der Waals surface area contributed by atoms with Gasteiger partial charge in [0.2, 0.25) is 0 Å². The maximum absolute atomic E-state index is 3.31. The molecule has 2 aliphatic carbocycles. The average Bonchev–Trinajstić information content (AvgIpc) is 2.74. The predicted molar refractivity (Wildman–Crippen MR) is 99.6 cm³/mol. The smallest absolute Gasteiger partial charge is 0.0414 e. The molecule has 0 spiro atoms. The van der Waals surface area contributed by atoms with Crippen LogP contribution in [-0.2, 0) is 0 Å². The Bertz CT molecular complexity index is 561. The second-order valence-corrected chi connectivity index (χ2v) is 6.70. The largest absolute Gasteiger partial charge is 0.388 e. The SMILES string of the molecule is CC.CNC1=C(C2=CC=CC(C)(C)C=C2)C=CC(C)(C)C=C1. The molecule has 0 aromatic rings. The quantitative estimate of drug-likeness (QED) is 0.687. The fourth-order valence-electron chi connectivity index (χ4n) is 2.30. The fraction of sp³-hybridized carbons (Fsp3) is 0.429. The van der Waals surface area contributed by atoms with Gasteiger partial charge in [-0.2, -0.15) is 0 Å². The summed E-state index contributed by atoms with van der Waals surface area (Å²) in [7, 11) is 1.98. The lowest BCUT2D eigenvalue weighted by Crippen LogP contribution is -2.07. The number of nitrogens with one attached hydrogen (secondary N) is 1. The van der Waals surface area contributed by atoms with Crippen molar-refractivity contribution in [1.29, 1.82) is 0 Å². The van der Waals surface area contributed by atoms with Crippen LogP contribution < -0.4 is 5.32 Å². The molecule has 0 radical (unpaired) electrons. The fourth-order valence-corrected chi connectivity index (χ4v) is 2.30. The lowest BCUT2D eigenvalue weighted by molar-refractivity contribution is 0.626. The summed E-state index contributed by atoms with van der Waals surface area (Å²) in [5.74, 6) is 0. The second-order valence-electron chi connectivity index (χ2n) is 6.70. The van der Waals surface area contributed by atoms with E-state index in [2.05, 4.69) is 87.7 Å². The first kappa shape index (κ1) is 18.3. The highest BCUT2D eigenvalue weighted by atomic mass is 14.8. The first-order chi connectivity index (χ1) is 10.3. The summed E-state index contributed by atoms with van der Waals surface area (Å²) in [4.78, 5) is 0. The van der Waals surface area contributed by atoms with Gasteiger partial charge in [0.1, 0.15) is 0 Å². The summed E-state index contributed by atoms with van der Waals surface area (Å²) in [6.07, 6.45) is 20.0. The molecule has 0 saturated carbocycles. The van der Waals surface area contributed by atoms with Crippen LogP contribution in [0.2, 0.25) is 0 Å². The van der Waals surface area contributed by atoms with Crippen molar-refractivity contribution in [2.45, 2.75) is 41.5 Å². The van der Waals surface area contributed by atoms with Crippen molar-refractivity contribution >= 4 is 0 Å². The van der Waals surface area contributed by atoms with Crippen molar-refractivity contribution in [2.75, 3.05) is 7.05 Å². The van der Waals surface area contributed by atoms with Crippen LogP contribution in [0.15, 0.2) is 71.5 Å². The predicted octanol–water partition coefficient (Wildman–Crippen LogP) is 5.72. The molecule has 0 unspecified atom stereocenters. The van der Waals surface area contributed by atoms with Gasteiger partial charge in [0.15, 0.2) is 0 Å². The number of hydrogen-bond donors (Lipinski definition) is 1. The number of likely N-dealkylation sites (N-methyl/N-ethyl adjacent to an activating group) is 1. The van der Waals surface area contributed by atoms with Gasteiger partial charge in [-0.25, -0.2) is 0 Å². The van der Waals surface area contributed by atoms with Gasteiger partial charge in [0.25, 0.3) is 0 Å². The number of allylic oxidation sites excluding steroid dienone is 11. The molecule has 22 heavy (non-hydrogen) atoms. The van der Waals surface area contributed by atoms with Crippen LogP contribution in [-0.4, -0.2) is 7.05 Å². The van der Waals surface area contributed by atoms with Gasteiger partial charge in [0, 0.05) is 29.1 Å². The van der Waals surface area contributed by atoms with Gasteiger partial charge in [-0.15, -0.1) is 0 Å². The number of hydrogen-bond acceptors (Lipinski definition) is 1. The third kappa shape index (κ3) is 4.91. The zero-order valence-corrected chi connectivity index (χ0v) is 15.2. The molecular weight excluding hydrogens is 266 g/mol. The second kappa shape index (κ2) is 7.49. The maximum atomic E-state index is 3.31. The Kier molecular flexibility index (Phi) is 6.22. The lowest BCUT2D eigenvalue weighted by atomic mass is 9.92. The molecule has 120 valence electrons. The van der Waals surface area contributed by atoms with Crippen molar-refractivity contribution in [3.8, 4) is 0 Å². The molecular formula is C21H31N. The van der Waals surface area contributed by atoms with Gasteiger partial charge in [-0.3, -0.25) is 0 Å². The van der Waals surface area contributed by atoms with E-state index in [1.165, 1.54) is 11.1 Å². The molecule has 2 rings (SSSR count). The van der Waals surface area contributed by atoms with Crippen molar-refractivity contribution in [3.05, 3.63) is 71.5 Å². The summed E-state index contributed by atoms with van der Waals surface area (Å²) < 4.78 is 0. The summed E-state index contributed by atoms with van der Waals surface area (Å²) in [6.45, 7) is 12.9. The highest BCUT2D eigenvalue weighted by molar-refractivity contribution is 5.55. The molecule has 0 aromatic heterocycles. The Morgan fingerprint density at radius 2 is 1.32 bits per heavy atom. The first-order valence-electron chi connectivity index (χ1n) is 8.23. The summed E-state index contributed by atoms with van der Waals surface area (Å²) in [5, 5.41) is 3.31. The van der Waals surface area contributed by atoms with Gasteiger partial charge >= 0.3 is 0 Å². The molecule has 0 atom stereocenters. The monoisotopic (exact) mass is 297 g/mol. The van der Waals surface area contributed by atoms with Gasteiger partial charge < -0.3 is 5.32 Å². The summed E-state index contributed by atoms with van der Waals surface area (Å²) in [5.41, 5.74) is 3.86. The van der Waals surface area contributed by atoms with Crippen molar-refractivity contribution in [1.82, 2.24) is 5.32 Å². The molecule has 0 fully saturated rings. The van der Waals surface area contributed by atoms with E-state index in [1.54, 1.807) is 0 Å². The van der Waals surface area contributed by atoms with Crippen molar-refractivity contribution < 1.29 is 0 Å². The van der Waals surface area contributed by atoms with Crippen molar-refractivity contribution in [2.24, 2.45) is 10.8 Å². The standard InChI is InChI=1S/C19H25N.C2H6/c1-18(2)11-6-7-15(8-12-18)16-9-13-19(3,4)14-10-17(16)20-5;1-2/h6-14,20H,1-5H3;1-2H3. The van der Waals surface area contributed by atoms with Crippen LogP contribution in [0, 0.1) is 10.8 Å². The van der Waals surface area contributed by atoms with E-state index in [0.29, 0.717) is 0 Å². The van der Waals surface area contributed by atoms with E-state index in [1.807, 2.05) is 20.9 Å². The summed E-state index contributed by atoms with van der Waals surface area (Å²) >= 11 is 0. The average molecular weight is 297 g/mol. The Hall–Kier alpha value is -1.76. The third-order valence-electron chi connectivity index (χ3n) is 3.72. The van der Waals surface area contributed by atoms with E-state index in [0.717, 1.165) is 5.70 Å². The van der Waals surface area contributed by atoms with E-state index in [4.69, 9.17) is 0 Å². The minimum absolute atomic E-state index is 0.0912. The summed E-state index contributed by atoms with van der Waals surface area (Å²) in [6, 6.07) is 0. The molecule has 0 heterocycles. The Labute approximate surface area is 136 Å². The molecule has 1 N–H and O–H groups in total. The van der Waals surface area contributed by atoms with Gasteiger partial charge in [0.05, 0.1) is 0 Å². The minimum Gasteiger partial charge on any atom is -0.388 e. The number of rotatable bonds is 2. The van der Waals surface area contributed by atoms with Crippen LogP contribution in [0.25, 0.3) is 0 Å². The molecule has 0 aromatic carbocycles. The molecule has 1 nitrogen and oxygen atoms in total. The maximum Gasteiger partial charge on any atom is 0.0414 e. The highest BCUT2D eigenvalue weighted by Gasteiger charge is 2.16. The molecule has 1 heteroatoms. The Morgan fingerprint density at radius 3 is 1.95 bits per heavy atom. The van der Waals surface area contributed by atoms with Crippen LogP contribution in [0.4, 0.5) is 0 Å². The third-order valence-corrected chi connectivity index (χ3v) is 3.72. The van der Waals surface area contributed by atoms with E-state index >= 15 is 0 Å². The molecule has 0 saturated heterocycles. The molecule has 0 aliphatic heterocycles. The normalized spacial score (nSPS) is 21.5. The van der Waals surface area contributed by atoms with Crippen LogP contribution in [0.1, 0.15) is 41.5 Å². The first-order valence-corrected chi connectivity index (χ1v) is 8.23. The van der Waals surface area contributed by atoms with Gasteiger partial charge in [-0.05, 0) is 11.6 Å². The highest BCUT2D eigenvalue weighted by Crippen LogP contribution is 2.30. The van der Waals surface area contributed by atoms with E-state index < -0.39 is 0 Å². The van der Waals surface area contributed by atoms with Crippen LogP contribution in [0.5, 0.6) is 0 Å². The van der Waals surface area contributed by atoms with E-state index in [-0.39, 0.29) is 10.8 Å². The Morgan fingerprint density at radius 1 is 0.773 bits per heavy atom. The zero-order chi connectivity index (χ0) is 16.8. The van der Waals surface area contributed by atoms with Crippen molar-refractivity contribution in [3.63, 3.8) is 0 Å². The minimum atomic E-state index is 0.0912. The molecule has 0 bridgehead atoms.